The van der Waals surface area contributed by atoms with E-state index in [1.807, 2.05) is 11.9 Å². The molecule has 0 bridgehead atoms. The van der Waals surface area contributed by atoms with Crippen LogP contribution < -0.4 is 5.32 Å². The quantitative estimate of drug-likeness (QED) is 0.518. The van der Waals surface area contributed by atoms with Crippen LogP contribution in [0.4, 0.5) is 11.4 Å². The van der Waals surface area contributed by atoms with Gasteiger partial charge in [-0.15, -0.1) is 12.4 Å². The molecular weight excluding hydrogens is 388 g/mol. The molecule has 9 nitrogen and oxygen atoms in total. The Labute approximate surface area is 170 Å². The molecule has 28 heavy (non-hydrogen) atoms. The zero-order chi connectivity index (χ0) is 20.0. The monoisotopic (exact) mass is 414 g/mol. The van der Waals surface area contributed by atoms with E-state index >= 15 is 0 Å². The summed E-state index contributed by atoms with van der Waals surface area (Å²) in [7, 11) is 1.82. The number of likely N-dealkylation sites (N-methyl/N-ethyl adjacent to an activating group) is 1. The van der Waals surface area contributed by atoms with Gasteiger partial charge in [0.2, 0.25) is 5.91 Å². The summed E-state index contributed by atoms with van der Waals surface area (Å²) in [4.78, 5) is 37.5. The number of nitrogens with zero attached hydrogens (tertiary/aromatic N) is 3. The minimum absolute atomic E-state index is 0. The third-order valence-electron chi connectivity index (χ3n) is 4.86. The number of likely N-dealkylation sites (tertiary alicyclic amines) is 1. The molecule has 0 spiro atoms. The van der Waals surface area contributed by atoms with Gasteiger partial charge in [0.1, 0.15) is 0 Å². The zero-order valence-electron chi connectivity index (χ0n) is 16.1. The molecule has 1 aliphatic heterocycles. The van der Waals surface area contributed by atoms with Gasteiger partial charge in [-0.25, -0.2) is 0 Å². The van der Waals surface area contributed by atoms with Crippen molar-refractivity contribution in [2.75, 3.05) is 38.5 Å². The lowest BCUT2D eigenvalue weighted by Gasteiger charge is -2.25. The number of carbonyl (C=O) groups is 2. The number of non-ortho nitro benzene ring substituents is 1. The summed E-state index contributed by atoms with van der Waals surface area (Å²) in [5.41, 5.74) is 1.21. The zero-order valence-corrected chi connectivity index (χ0v) is 16.9. The highest BCUT2D eigenvalue weighted by molar-refractivity contribution is 5.93. The molecule has 1 atom stereocenters. The Kier molecular flexibility index (Phi) is 9.30. The third-order valence-corrected chi connectivity index (χ3v) is 4.86. The lowest BCUT2D eigenvalue weighted by atomic mass is 10.1. The lowest BCUT2D eigenvalue weighted by Crippen LogP contribution is -2.37. The molecule has 0 radical (unpaired) electrons. The van der Waals surface area contributed by atoms with E-state index in [-0.39, 0.29) is 43.1 Å². The standard InChI is InChI=1S/C18H26N4O5.ClH/c1-13-10-15(22(26)27)5-6-16(13)19-17(23)11-21-8-3-4-14(7-9-21)20(2)12-18(24)25;/h5-6,10,14H,3-4,7-9,11-12H2,1-2H3,(H,19,23)(H,24,25);1H. The second-order valence-corrected chi connectivity index (χ2v) is 6.97. The van der Waals surface area contributed by atoms with Crippen LogP contribution in [0.3, 0.4) is 0 Å². The van der Waals surface area contributed by atoms with Gasteiger partial charge in [-0.1, -0.05) is 0 Å². The van der Waals surface area contributed by atoms with Crippen molar-refractivity contribution in [1.82, 2.24) is 9.80 Å². The van der Waals surface area contributed by atoms with Gasteiger partial charge in [0.15, 0.2) is 0 Å². The first-order chi connectivity index (χ1) is 12.8. The fourth-order valence-electron chi connectivity index (χ4n) is 3.37. The maximum atomic E-state index is 12.4. The highest BCUT2D eigenvalue weighted by Crippen LogP contribution is 2.21. The summed E-state index contributed by atoms with van der Waals surface area (Å²) >= 11 is 0. The van der Waals surface area contributed by atoms with Gasteiger partial charge in [0, 0.05) is 30.4 Å². The first-order valence-corrected chi connectivity index (χ1v) is 8.95. The fraction of sp³-hybridized carbons (Fsp3) is 0.556. The first kappa shape index (κ1) is 23.8. The fourth-order valence-corrected chi connectivity index (χ4v) is 3.37. The number of hydrogen-bond donors (Lipinski definition) is 2. The van der Waals surface area contributed by atoms with E-state index in [1.54, 1.807) is 13.0 Å². The summed E-state index contributed by atoms with van der Waals surface area (Å²) in [6.45, 7) is 3.49. The summed E-state index contributed by atoms with van der Waals surface area (Å²) in [6.07, 6.45) is 2.62. The Balaban J connectivity index is 0.00000392. The normalized spacial score (nSPS) is 17.5. The molecule has 0 aromatic heterocycles. The first-order valence-electron chi connectivity index (χ1n) is 8.95. The summed E-state index contributed by atoms with van der Waals surface area (Å²) < 4.78 is 0. The van der Waals surface area contributed by atoms with Crippen LogP contribution in [-0.2, 0) is 9.59 Å². The van der Waals surface area contributed by atoms with E-state index in [2.05, 4.69) is 10.2 Å². The van der Waals surface area contributed by atoms with Crippen molar-refractivity contribution >= 4 is 35.7 Å². The van der Waals surface area contributed by atoms with E-state index < -0.39 is 10.9 Å². The van der Waals surface area contributed by atoms with Crippen LogP contribution in [0.1, 0.15) is 24.8 Å². The molecule has 1 aromatic rings. The summed E-state index contributed by atoms with van der Waals surface area (Å²) in [5.74, 6) is -0.999. The summed E-state index contributed by atoms with van der Waals surface area (Å²) in [5, 5.41) is 22.5. The Morgan fingerprint density at radius 1 is 1.36 bits per heavy atom. The molecule has 2 N–H and O–H groups in total. The molecule has 0 aliphatic carbocycles. The van der Waals surface area contributed by atoms with Crippen molar-refractivity contribution in [3.63, 3.8) is 0 Å². The van der Waals surface area contributed by atoms with Crippen LogP contribution in [0.5, 0.6) is 0 Å². The Morgan fingerprint density at radius 2 is 2.07 bits per heavy atom. The number of nitro benzene ring substituents is 1. The molecule has 1 fully saturated rings. The van der Waals surface area contributed by atoms with E-state index in [4.69, 9.17) is 5.11 Å². The van der Waals surface area contributed by atoms with Crippen molar-refractivity contribution in [3.8, 4) is 0 Å². The van der Waals surface area contributed by atoms with Crippen molar-refractivity contribution in [2.45, 2.75) is 32.2 Å². The number of aryl methyl sites for hydroxylation is 1. The molecule has 1 aliphatic rings. The number of nitro groups is 1. The van der Waals surface area contributed by atoms with Crippen LogP contribution in [0.25, 0.3) is 0 Å². The van der Waals surface area contributed by atoms with Crippen molar-refractivity contribution in [3.05, 3.63) is 33.9 Å². The highest BCUT2D eigenvalue weighted by Gasteiger charge is 2.23. The topological polar surface area (TPSA) is 116 Å². The molecule has 2 rings (SSSR count). The predicted molar refractivity (Wildman–Crippen MR) is 108 cm³/mol. The number of halogens is 1. The van der Waals surface area contributed by atoms with Crippen LogP contribution >= 0.6 is 12.4 Å². The molecule has 1 amide bonds. The second-order valence-electron chi connectivity index (χ2n) is 6.97. The number of carbonyl (C=O) groups excluding carboxylic acids is 1. The Hall–Kier alpha value is -2.23. The molecule has 10 heteroatoms. The van der Waals surface area contributed by atoms with Gasteiger partial charge in [-0.2, -0.15) is 0 Å². The van der Waals surface area contributed by atoms with Crippen LogP contribution in [0.15, 0.2) is 18.2 Å². The Morgan fingerprint density at radius 3 is 2.68 bits per heavy atom. The van der Waals surface area contributed by atoms with Gasteiger partial charge >= 0.3 is 5.97 Å². The van der Waals surface area contributed by atoms with Crippen LogP contribution in [0.2, 0.25) is 0 Å². The largest absolute Gasteiger partial charge is 0.480 e. The smallest absolute Gasteiger partial charge is 0.317 e. The van der Waals surface area contributed by atoms with Gasteiger partial charge < -0.3 is 10.4 Å². The highest BCUT2D eigenvalue weighted by atomic mass is 35.5. The van der Waals surface area contributed by atoms with Gasteiger partial charge in [0.05, 0.1) is 18.0 Å². The molecule has 0 saturated carbocycles. The molecular formula is C18H27ClN4O5. The Bertz CT molecular complexity index is 715. The van der Waals surface area contributed by atoms with E-state index in [0.717, 1.165) is 32.4 Å². The van der Waals surface area contributed by atoms with Gasteiger partial charge in [-0.05, 0) is 51.4 Å². The van der Waals surface area contributed by atoms with Crippen LogP contribution in [-0.4, -0.2) is 71.0 Å². The number of rotatable bonds is 7. The minimum Gasteiger partial charge on any atom is -0.480 e. The maximum Gasteiger partial charge on any atom is 0.317 e. The number of carboxylic acids is 1. The molecule has 156 valence electrons. The predicted octanol–water partition coefficient (Wildman–Crippen LogP) is 2.13. The average Bonchev–Trinajstić information content (AvgIpc) is 2.81. The van der Waals surface area contributed by atoms with E-state index in [9.17, 15) is 19.7 Å². The van der Waals surface area contributed by atoms with Gasteiger partial charge in [0.25, 0.3) is 5.69 Å². The number of anilines is 1. The average molecular weight is 415 g/mol. The molecule has 1 aromatic carbocycles. The number of amides is 1. The number of carboxylic acid groups (broad SMARTS) is 1. The lowest BCUT2D eigenvalue weighted by molar-refractivity contribution is -0.384. The molecule has 1 saturated heterocycles. The van der Waals surface area contributed by atoms with Crippen molar-refractivity contribution in [2.24, 2.45) is 0 Å². The number of benzene rings is 1. The third kappa shape index (κ3) is 7.06. The SMILES string of the molecule is Cc1cc([N+](=O)[O-])ccc1NC(=O)CN1CCCC(N(C)CC(=O)O)CC1.Cl. The maximum absolute atomic E-state index is 12.4. The number of aliphatic carboxylic acids is 1. The van der Waals surface area contributed by atoms with Crippen molar-refractivity contribution in [1.29, 1.82) is 0 Å². The molecule has 1 unspecified atom stereocenters. The van der Waals surface area contributed by atoms with Crippen molar-refractivity contribution < 1.29 is 19.6 Å². The molecule has 1 heterocycles. The van der Waals surface area contributed by atoms with Crippen LogP contribution in [0, 0.1) is 17.0 Å². The second kappa shape index (κ2) is 10.9. The van der Waals surface area contributed by atoms with E-state index in [1.165, 1.54) is 12.1 Å². The van der Waals surface area contributed by atoms with Gasteiger partial charge in [-0.3, -0.25) is 29.5 Å². The number of nitrogens with one attached hydrogen (secondary N) is 1. The minimum atomic E-state index is -0.837. The number of hydrogen-bond acceptors (Lipinski definition) is 6. The summed E-state index contributed by atoms with van der Waals surface area (Å²) in [6, 6.07) is 4.55. The van der Waals surface area contributed by atoms with E-state index in [0.29, 0.717) is 11.3 Å².